The molecular formula is C17H17N2OS+. The van der Waals surface area contributed by atoms with Gasteiger partial charge in [-0.15, -0.1) is 0 Å². The average molecular weight is 297 g/mol. The van der Waals surface area contributed by atoms with Crippen LogP contribution in [0.4, 0.5) is 5.69 Å². The molecule has 0 fully saturated rings. The molecule has 0 unspecified atom stereocenters. The van der Waals surface area contributed by atoms with Crippen molar-refractivity contribution in [2.75, 3.05) is 5.73 Å². The number of thiophene rings is 1. The summed E-state index contributed by atoms with van der Waals surface area (Å²) < 4.78 is 0. The van der Waals surface area contributed by atoms with Crippen molar-refractivity contribution in [1.82, 2.24) is 0 Å². The van der Waals surface area contributed by atoms with Crippen molar-refractivity contribution in [3.63, 3.8) is 0 Å². The van der Waals surface area contributed by atoms with Gasteiger partial charge in [-0.3, -0.25) is 4.79 Å². The van der Waals surface area contributed by atoms with E-state index < -0.39 is 0 Å². The molecule has 1 aromatic carbocycles. The van der Waals surface area contributed by atoms with E-state index in [-0.39, 0.29) is 5.78 Å². The predicted octanol–water partition coefficient (Wildman–Crippen LogP) is 3.45. The van der Waals surface area contributed by atoms with Gasteiger partial charge in [-0.1, -0.05) is 41.2 Å². The van der Waals surface area contributed by atoms with E-state index in [1.54, 1.807) is 0 Å². The number of nitrogens with one attached hydrogen (secondary N) is 1. The molecular weight excluding hydrogens is 280 g/mol. The Morgan fingerprint density at radius 2 is 1.81 bits per heavy atom. The van der Waals surface area contributed by atoms with Crippen LogP contribution in [0.25, 0.3) is 10.2 Å². The van der Waals surface area contributed by atoms with E-state index >= 15 is 0 Å². The summed E-state index contributed by atoms with van der Waals surface area (Å²) >= 11 is 1.43. The molecule has 0 saturated heterocycles. The number of nitrogens with two attached hydrogens (primary N) is 1. The Morgan fingerprint density at radius 1 is 1.14 bits per heavy atom. The summed E-state index contributed by atoms with van der Waals surface area (Å²) in [7, 11) is 0. The zero-order valence-corrected chi connectivity index (χ0v) is 13.1. The van der Waals surface area contributed by atoms with Crippen molar-refractivity contribution in [3.05, 3.63) is 57.6 Å². The summed E-state index contributed by atoms with van der Waals surface area (Å²) in [4.78, 5) is 17.5. The van der Waals surface area contributed by atoms with Gasteiger partial charge in [0.05, 0.1) is 11.1 Å². The summed E-state index contributed by atoms with van der Waals surface area (Å²) in [5.41, 5.74) is 10.8. The zero-order chi connectivity index (χ0) is 15.1. The van der Waals surface area contributed by atoms with Gasteiger partial charge in [0, 0.05) is 18.6 Å². The van der Waals surface area contributed by atoms with E-state index in [1.165, 1.54) is 11.3 Å². The number of rotatable bonds is 2. The van der Waals surface area contributed by atoms with E-state index in [2.05, 4.69) is 4.98 Å². The van der Waals surface area contributed by atoms with Crippen LogP contribution < -0.4 is 10.7 Å². The van der Waals surface area contributed by atoms with Crippen molar-refractivity contribution < 1.29 is 9.78 Å². The Hall–Kier alpha value is -2.20. The van der Waals surface area contributed by atoms with Crippen molar-refractivity contribution in [2.45, 2.75) is 20.8 Å². The molecule has 0 bridgehead atoms. The van der Waals surface area contributed by atoms with Gasteiger partial charge in [0.2, 0.25) is 5.78 Å². The number of hydrogen-bond acceptors (Lipinski definition) is 3. The van der Waals surface area contributed by atoms with E-state index in [0.717, 1.165) is 27.0 Å². The summed E-state index contributed by atoms with van der Waals surface area (Å²) in [6.07, 6.45) is 0. The fourth-order valence-electron chi connectivity index (χ4n) is 2.54. The quantitative estimate of drug-likeness (QED) is 0.736. The number of fused-ring (bicyclic) bond motifs is 1. The molecule has 0 aliphatic rings. The highest BCUT2D eigenvalue weighted by atomic mass is 32.1. The largest absolute Gasteiger partial charge is 0.397 e. The van der Waals surface area contributed by atoms with Crippen LogP contribution in [0.2, 0.25) is 0 Å². The van der Waals surface area contributed by atoms with Crippen LogP contribution in [0.15, 0.2) is 30.3 Å². The third-order valence-electron chi connectivity index (χ3n) is 3.60. The maximum atomic E-state index is 12.7. The van der Waals surface area contributed by atoms with Crippen molar-refractivity contribution in [2.24, 2.45) is 0 Å². The van der Waals surface area contributed by atoms with Crippen molar-refractivity contribution >= 4 is 33.0 Å². The molecule has 0 spiro atoms. The molecule has 4 heteroatoms. The third-order valence-corrected chi connectivity index (χ3v) is 4.72. The molecule has 2 aromatic heterocycles. The number of ketones is 1. The first kappa shape index (κ1) is 13.8. The number of aromatic amines is 1. The summed E-state index contributed by atoms with van der Waals surface area (Å²) in [6, 6.07) is 9.63. The maximum absolute atomic E-state index is 12.7. The first-order chi connectivity index (χ1) is 9.97. The molecule has 0 radical (unpaired) electrons. The molecule has 3 N–H and O–H groups in total. The second kappa shape index (κ2) is 4.97. The smallest absolute Gasteiger partial charge is 0.270 e. The van der Waals surface area contributed by atoms with Crippen LogP contribution in [0.1, 0.15) is 32.1 Å². The number of aromatic nitrogens is 1. The SMILES string of the molecule is Cc1ccc(C(=O)c2sc3[nH+]c(C)cc(C)c3c2N)cc1. The minimum absolute atomic E-state index is 0.0147. The highest BCUT2D eigenvalue weighted by Crippen LogP contribution is 2.34. The second-order valence-electron chi connectivity index (χ2n) is 5.38. The van der Waals surface area contributed by atoms with Crippen LogP contribution >= 0.6 is 11.3 Å². The molecule has 0 atom stereocenters. The van der Waals surface area contributed by atoms with Crippen LogP contribution in [0, 0.1) is 20.8 Å². The normalized spacial score (nSPS) is 11.0. The standard InChI is InChI=1S/C17H16N2OS/c1-9-4-6-12(7-5-9)15(20)16-14(18)13-10(2)8-11(3)19-17(13)21-16/h4-8H,18H2,1-3H3/p+1. The van der Waals surface area contributed by atoms with Gasteiger partial charge in [0.25, 0.3) is 4.83 Å². The lowest BCUT2D eigenvalue weighted by Crippen LogP contribution is -2.07. The van der Waals surface area contributed by atoms with Crippen LogP contribution in [0.5, 0.6) is 0 Å². The lowest BCUT2D eigenvalue weighted by molar-refractivity contribution is -0.351. The van der Waals surface area contributed by atoms with Gasteiger partial charge in [-0.25, -0.2) is 0 Å². The Labute approximate surface area is 127 Å². The molecule has 0 amide bonds. The molecule has 3 rings (SSSR count). The fraction of sp³-hybridized carbons (Fsp3) is 0.176. The van der Waals surface area contributed by atoms with E-state index in [1.807, 2.05) is 51.1 Å². The van der Waals surface area contributed by atoms with E-state index in [9.17, 15) is 4.79 Å². The Bertz CT molecular complexity index is 847. The molecule has 21 heavy (non-hydrogen) atoms. The number of carbonyl (C=O) groups is 1. The van der Waals surface area contributed by atoms with E-state index in [0.29, 0.717) is 16.1 Å². The highest BCUT2D eigenvalue weighted by Gasteiger charge is 2.22. The number of H-pyrrole nitrogens is 1. The van der Waals surface area contributed by atoms with Crippen molar-refractivity contribution in [1.29, 1.82) is 0 Å². The molecule has 2 heterocycles. The van der Waals surface area contributed by atoms with Crippen LogP contribution in [-0.2, 0) is 0 Å². The number of carbonyl (C=O) groups excluding carboxylic acids is 1. The third kappa shape index (κ3) is 2.32. The van der Waals surface area contributed by atoms with E-state index in [4.69, 9.17) is 5.73 Å². The summed E-state index contributed by atoms with van der Waals surface area (Å²) in [6.45, 7) is 6.03. The number of aryl methyl sites for hydroxylation is 3. The van der Waals surface area contributed by atoms with Crippen LogP contribution in [0.3, 0.4) is 0 Å². The number of anilines is 1. The number of nitrogen functional groups attached to an aromatic ring is 1. The topological polar surface area (TPSA) is 57.2 Å². The monoisotopic (exact) mass is 297 g/mol. The average Bonchev–Trinajstić information content (AvgIpc) is 2.76. The zero-order valence-electron chi connectivity index (χ0n) is 12.3. The minimum Gasteiger partial charge on any atom is -0.397 e. The Balaban J connectivity index is 2.16. The Kier molecular flexibility index (Phi) is 3.26. The highest BCUT2D eigenvalue weighted by molar-refractivity contribution is 7.21. The number of hydrogen-bond donors (Lipinski definition) is 1. The summed E-state index contributed by atoms with van der Waals surface area (Å²) in [5, 5.41) is 0.959. The number of pyridine rings is 1. The van der Waals surface area contributed by atoms with Crippen molar-refractivity contribution in [3.8, 4) is 0 Å². The molecule has 3 nitrogen and oxygen atoms in total. The van der Waals surface area contributed by atoms with Gasteiger partial charge in [-0.05, 0) is 19.4 Å². The van der Waals surface area contributed by atoms with Gasteiger partial charge in [-0.2, -0.15) is 4.98 Å². The lowest BCUT2D eigenvalue weighted by atomic mass is 10.1. The summed E-state index contributed by atoms with van der Waals surface area (Å²) in [5.74, 6) is -0.0147. The lowest BCUT2D eigenvalue weighted by Gasteiger charge is -2.00. The second-order valence-corrected chi connectivity index (χ2v) is 6.40. The van der Waals surface area contributed by atoms with Gasteiger partial charge in [0.1, 0.15) is 4.88 Å². The molecule has 0 aliphatic carbocycles. The Morgan fingerprint density at radius 3 is 2.48 bits per heavy atom. The molecule has 106 valence electrons. The minimum atomic E-state index is -0.0147. The molecule has 3 aromatic rings. The van der Waals surface area contributed by atoms with Gasteiger partial charge < -0.3 is 5.73 Å². The van der Waals surface area contributed by atoms with Gasteiger partial charge >= 0.3 is 0 Å². The first-order valence-electron chi connectivity index (χ1n) is 6.80. The maximum Gasteiger partial charge on any atom is 0.270 e. The van der Waals surface area contributed by atoms with Gasteiger partial charge in [0.15, 0.2) is 5.69 Å². The fourth-order valence-corrected chi connectivity index (χ4v) is 3.75. The number of benzene rings is 1. The molecule has 0 saturated carbocycles. The first-order valence-corrected chi connectivity index (χ1v) is 7.62. The van der Waals surface area contributed by atoms with Crippen LogP contribution in [-0.4, -0.2) is 5.78 Å². The molecule has 0 aliphatic heterocycles. The predicted molar refractivity (Wildman–Crippen MR) is 86.9 cm³/mol.